The van der Waals surface area contributed by atoms with E-state index < -0.39 is 0 Å². The van der Waals surface area contributed by atoms with Crippen molar-refractivity contribution >= 4 is 17.3 Å². The number of nitrogen functional groups attached to an aromatic ring is 1. The first-order chi connectivity index (χ1) is 8.69. The summed E-state index contributed by atoms with van der Waals surface area (Å²) in [6.07, 6.45) is 5.14. The summed E-state index contributed by atoms with van der Waals surface area (Å²) in [7, 11) is 0. The molecular weight excluding hydrogens is 232 g/mol. The zero-order valence-electron chi connectivity index (χ0n) is 10.1. The standard InChI is InChI=1S/C12H14N4O2/c1-3-5-8-9(12(17)18-4-2)6-16-10(8)11(13)14-7-15-16/h3,6-7H,1,4-5H2,2H3,(H2,13,14,15). The first kappa shape index (κ1) is 12.1. The van der Waals surface area contributed by atoms with E-state index in [1.54, 1.807) is 19.2 Å². The van der Waals surface area contributed by atoms with Crippen LogP contribution >= 0.6 is 0 Å². The Labute approximate surface area is 104 Å². The Hall–Kier alpha value is -2.37. The molecule has 2 heterocycles. The number of aromatic nitrogens is 3. The van der Waals surface area contributed by atoms with Crippen molar-refractivity contribution in [3.63, 3.8) is 0 Å². The molecule has 0 aliphatic heterocycles. The summed E-state index contributed by atoms with van der Waals surface area (Å²) in [5, 5.41) is 4.03. The summed E-state index contributed by atoms with van der Waals surface area (Å²) in [4.78, 5) is 15.8. The van der Waals surface area contributed by atoms with Gasteiger partial charge in [0.15, 0.2) is 5.82 Å². The normalized spacial score (nSPS) is 10.5. The van der Waals surface area contributed by atoms with Crippen molar-refractivity contribution in [2.45, 2.75) is 13.3 Å². The average Bonchev–Trinajstić information content (AvgIpc) is 2.70. The molecule has 0 aliphatic rings. The van der Waals surface area contributed by atoms with Gasteiger partial charge in [0, 0.05) is 11.8 Å². The van der Waals surface area contributed by atoms with Crippen LogP contribution in [0, 0.1) is 0 Å². The van der Waals surface area contributed by atoms with Gasteiger partial charge >= 0.3 is 5.97 Å². The maximum absolute atomic E-state index is 11.9. The minimum absolute atomic E-state index is 0.319. The zero-order chi connectivity index (χ0) is 13.1. The number of hydrogen-bond donors (Lipinski definition) is 1. The molecule has 6 heteroatoms. The SMILES string of the molecule is C=CCc1c(C(=O)OCC)cn2ncnc(N)c12. The Balaban J connectivity index is 2.65. The van der Waals surface area contributed by atoms with Gasteiger partial charge in [-0.15, -0.1) is 6.58 Å². The number of carbonyl (C=O) groups is 1. The fourth-order valence-corrected chi connectivity index (χ4v) is 1.83. The van der Waals surface area contributed by atoms with Crippen molar-refractivity contribution in [2.24, 2.45) is 0 Å². The highest BCUT2D eigenvalue weighted by molar-refractivity contribution is 5.95. The van der Waals surface area contributed by atoms with E-state index in [-0.39, 0.29) is 5.97 Å². The number of ether oxygens (including phenoxy) is 1. The molecule has 2 rings (SSSR count). The van der Waals surface area contributed by atoms with Gasteiger partial charge in [-0.25, -0.2) is 14.3 Å². The molecule has 0 spiro atoms. The minimum Gasteiger partial charge on any atom is -0.462 e. The highest BCUT2D eigenvalue weighted by Crippen LogP contribution is 2.23. The molecule has 0 atom stereocenters. The van der Waals surface area contributed by atoms with Crippen LogP contribution in [0.2, 0.25) is 0 Å². The van der Waals surface area contributed by atoms with Gasteiger partial charge in [0.25, 0.3) is 0 Å². The number of esters is 1. The third-order valence-corrected chi connectivity index (χ3v) is 2.55. The van der Waals surface area contributed by atoms with E-state index in [1.165, 1.54) is 10.8 Å². The lowest BCUT2D eigenvalue weighted by Gasteiger charge is -2.02. The van der Waals surface area contributed by atoms with Crippen LogP contribution < -0.4 is 5.73 Å². The van der Waals surface area contributed by atoms with Crippen molar-refractivity contribution in [1.82, 2.24) is 14.6 Å². The van der Waals surface area contributed by atoms with Gasteiger partial charge < -0.3 is 10.5 Å². The van der Waals surface area contributed by atoms with Gasteiger partial charge in [0.1, 0.15) is 11.8 Å². The summed E-state index contributed by atoms with van der Waals surface area (Å²) in [5.74, 6) is -0.0587. The molecule has 0 amide bonds. The van der Waals surface area contributed by atoms with E-state index in [4.69, 9.17) is 10.5 Å². The van der Waals surface area contributed by atoms with E-state index in [1.807, 2.05) is 0 Å². The molecule has 2 aromatic rings. The van der Waals surface area contributed by atoms with Gasteiger partial charge in [-0.05, 0) is 13.3 Å². The molecule has 0 unspecified atom stereocenters. The van der Waals surface area contributed by atoms with Crippen molar-refractivity contribution in [1.29, 1.82) is 0 Å². The Bertz CT molecular complexity index is 603. The second kappa shape index (κ2) is 4.87. The maximum atomic E-state index is 11.9. The third kappa shape index (κ3) is 1.92. The molecule has 6 nitrogen and oxygen atoms in total. The summed E-state index contributed by atoms with van der Waals surface area (Å²) in [6.45, 7) is 5.75. The van der Waals surface area contributed by atoms with Gasteiger partial charge in [-0.3, -0.25) is 0 Å². The number of nitrogens with two attached hydrogens (primary N) is 1. The molecule has 0 fully saturated rings. The quantitative estimate of drug-likeness (QED) is 0.647. The molecule has 0 saturated carbocycles. The Kier molecular flexibility index (Phi) is 3.27. The molecule has 18 heavy (non-hydrogen) atoms. The van der Waals surface area contributed by atoms with Crippen LogP contribution in [-0.2, 0) is 11.2 Å². The van der Waals surface area contributed by atoms with Crippen LogP contribution in [0.4, 0.5) is 5.82 Å². The highest BCUT2D eigenvalue weighted by atomic mass is 16.5. The number of carbonyl (C=O) groups excluding carboxylic acids is 1. The lowest BCUT2D eigenvalue weighted by atomic mass is 10.1. The number of allylic oxidation sites excluding steroid dienone is 1. The fraction of sp³-hybridized carbons (Fsp3) is 0.250. The van der Waals surface area contributed by atoms with E-state index in [0.29, 0.717) is 29.9 Å². The van der Waals surface area contributed by atoms with E-state index in [9.17, 15) is 4.79 Å². The molecule has 2 aromatic heterocycles. The summed E-state index contributed by atoms with van der Waals surface area (Å²) < 4.78 is 6.54. The van der Waals surface area contributed by atoms with Gasteiger partial charge in [0.2, 0.25) is 0 Å². The van der Waals surface area contributed by atoms with Crippen LogP contribution in [0.5, 0.6) is 0 Å². The van der Waals surface area contributed by atoms with Crippen molar-refractivity contribution in [3.05, 3.63) is 36.3 Å². The number of nitrogens with zero attached hydrogens (tertiary/aromatic N) is 3. The van der Waals surface area contributed by atoms with E-state index in [0.717, 1.165) is 5.56 Å². The third-order valence-electron chi connectivity index (χ3n) is 2.55. The molecule has 0 aromatic carbocycles. The number of fused-ring (bicyclic) bond motifs is 1. The number of hydrogen-bond acceptors (Lipinski definition) is 5. The monoisotopic (exact) mass is 246 g/mol. The lowest BCUT2D eigenvalue weighted by molar-refractivity contribution is 0.0525. The molecule has 0 saturated heterocycles. The zero-order valence-corrected chi connectivity index (χ0v) is 10.1. The fourth-order valence-electron chi connectivity index (χ4n) is 1.83. The van der Waals surface area contributed by atoms with Gasteiger partial charge in [0.05, 0.1) is 12.2 Å². The molecule has 94 valence electrons. The van der Waals surface area contributed by atoms with Gasteiger partial charge in [-0.2, -0.15) is 5.10 Å². The topological polar surface area (TPSA) is 82.5 Å². The maximum Gasteiger partial charge on any atom is 0.340 e. The number of rotatable bonds is 4. The molecule has 0 bridgehead atoms. The highest BCUT2D eigenvalue weighted by Gasteiger charge is 2.19. The van der Waals surface area contributed by atoms with Crippen LogP contribution in [0.3, 0.4) is 0 Å². The smallest absolute Gasteiger partial charge is 0.340 e. The predicted octanol–water partition coefficient (Wildman–Crippen LogP) is 1.22. The Morgan fingerprint density at radius 1 is 1.67 bits per heavy atom. The van der Waals surface area contributed by atoms with Crippen molar-refractivity contribution in [3.8, 4) is 0 Å². The lowest BCUT2D eigenvalue weighted by Crippen LogP contribution is -2.06. The van der Waals surface area contributed by atoms with E-state index in [2.05, 4.69) is 16.7 Å². The molecule has 0 aliphatic carbocycles. The second-order valence-electron chi connectivity index (χ2n) is 3.67. The minimum atomic E-state index is -0.390. The first-order valence-corrected chi connectivity index (χ1v) is 5.57. The Morgan fingerprint density at radius 2 is 2.44 bits per heavy atom. The van der Waals surface area contributed by atoms with E-state index >= 15 is 0 Å². The second-order valence-corrected chi connectivity index (χ2v) is 3.67. The predicted molar refractivity (Wildman–Crippen MR) is 67.3 cm³/mol. The number of anilines is 1. The summed E-state index contributed by atoms with van der Waals surface area (Å²) in [5.41, 5.74) is 7.63. The van der Waals surface area contributed by atoms with Crippen LogP contribution in [-0.4, -0.2) is 27.2 Å². The Morgan fingerprint density at radius 3 is 3.11 bits per heavy atom. The summed E-state index contributed by atoms with van der Waals surface area (Å²) in [6, 6.07) is 0. The van der Waals surface area contributed by atoms with Crippen molar-refractivity contribution in [2.75, 3.05) is 12.3 Å². The average molecular weight is 246 g/mol. The molecule has 0 radical (unpaired) electrons. The largest absolute Gasteiger partial charge is 0.462 e. The van der Waals surface area contributed by atoms with Crippen LogP contribution in [0.1, 0.15) is 22.8 Å². The summed E-state index contributed by atoms with van der Waals surface area (Å²) >= 11 is 0. The first-order valence-electron chi connectivity index (χ1n) is 5.57. The van der Waals surface area contributed by atoms with Crippen LogP contribution in [0.25, 0.3) is 5.52 Å². The molecule has 2 N–H and O–H groups in total. The van der Waals surface area contributed by atoms with Crippen molar-refractivity contribution < 1.29 is 9.53 Å². The molecular formula is C12H14N4O2. The van der Waals surface area contributed by atoms with Crippen LogP contribution in [0.15, 0.2) is 25.2 Å². The van der Waals surface area contributed by atoms with Gasteiger partial charge in [-0.1, -0.05) is 6.08 Å².